The van der Waals surface area contributed by atoms with Crippen molar-refractivity contribution in [2.45, 2.75) is 32.4 Å². The van der Waals surface area contributed by atoms with Gasteiger partial charge in [0, 0.05) is 44.7 Å². The summed E-state index contributed by atoms with van der Waals surface area (Å²) in [4.78, 5) is 2.49. The van der Waals surface area contributed by atoms with E-state index >= 15 is 0 Å². The third-order valence-corrected chi connectivity index (χ3v) is 3.78. The van der Waals surface area contributed by atoms with Crippen molar-refractivity contribution < 1.29 is 5.11 Å². The van der Waals surface area contributed by atoms with Crippen LogP contribution < -0.4 is 0 Å². The predicted octanol–water partition coefficient (Wildman–Crippen LogP) is 1.62. The molecule has 0 saturated carbocycles. The summed E-state index contributed by atoms with van der Waals surface area (Å²) in [5, 5.41) is 9.24. The molecular weight excluding hydrogens is 200 g/mol. The molecule has 1 aromatic heterocycles. The minimum absolute atomic E-state index is 0.330. The van der Waals surface area contributed by atoms with Gasteiger partial charge in [-0.15, -0.1) is 0 Å². The second-order valence-electron chi connectivity index (χ2n) is 5.01. The lowest BCUT2D eigenvalue weighted by atomic mass is 9.94. The first-order valence-electron chi connectivity index (χ1n) is 6.16. The van der Waals surface area contributed by atoms with Crippen LogP contribution in [0.4, 0.5) is 0 Å². The zero-order chi connectivity index (χ0) is 11.5. The molecule has 16 heavy (non-hydrogen) atoms. The molecule has 2 heterocycles. The number of piperidine rings is 1. The molecule has 1 saturated heterocycles. The van der Waals surface area contributed by atoms with Crippen LogP contribution in [-0.2, 0) is 13.6 Å². The second kappa shape index (κ2) is 5.02. The van der Waals surface area contributed by atoms with Gasteiger partial charge in [0.15, 0.2) is 0 Å². The summed E-state index contributed by atoms with van der Waals surface area (Å²) in [5.41, 5.74) is 1.35. The molecule has 0 amide bonds. The van der Waals surface area contributed by atoms with Gasteiger partial charge in [-0.05, 0) is 37.8 Å². The van der Waals surface area contributed by atoms with Gasteiger partial charge >= 0.3 is 0 Å². The fourth-order valence-electron chi connectivity index (χ4n) is 2.50. The van der Waals surface area contributed by atoms with Crippen LogP contribution in [0.25, 0.3) is 0 Å². The second-order valence-corrected chi connectivity index (χ2v) is 5.01. The Morgan fingerprint density at radius 2 is 2.25 bits per heavy atom. The number of hydrogen-bond acceptors (Lipinski definition) is 2. The molecule has 2 rings (SSSR count). The Kier molecular flexibility index (Phi) is 3.66. The number of aliphatic hydroxyl groups excluding tert-OH is 1. The molecule has 1 N–H and O–H groups in total. The van der Waals surface area contributed by atoms with Crippen molar-refractivity contribution in [3.8, 4) is 0 Å². The fourth-order valence-corrected chi connectivity index (χ4v) is 2.50. The molecule has 1 aliphatic heterocycles. The Hall–Kier alpha value is -0.800. The summed E-state index contributed by atoms with van der Waals surface area (Å²) >= 11 is 0. The van der Waals surface area contributed by atoms with Crippen molar-refractivity contribution in [2.75, 3.05) is 13.2 Å². The van der Waals surface area contributed by atoms with Crippen LogP contribution in [-0.4, -0.2) is 33.8 Å². The standard InChI is InChI=1S/C13H22N2O/c1-11-5-6-12(10-16)8-15(11)9-13-4-3-7-14(13)2/h3-4,7,11-12,16H,5-6,8-10H2,1-2H3. The molecular formula is C13H22N2O. The highest BCUT2D eigenvalue weighted by Crippen LogP contribution is 2.23. The summed E-state index contributed by atoms with van der Waals surface area (Å²) in [5.74, 6) is 0.469. The average molecular weight is 222 g/mol. The van der Waals surface area contributed by atoms with Gasteiger partial charge in [0.05, 0.1) is 0 Å². The Labute approximate surface area is 97.7 Å². The normalized spacial score (nSPS) is 27.2. The summed E-state index contributed by atoms with van der Waals surface area (Å²) in [7, 11) is 2.09. The molecule has 2 unspecified atom stereocenters. The monoisotopic (exact) mass is 222 g/mol. The van der Waals surface area contributed by atoms with Crippen LogP contribution in [0.1, 0.15) is 25.5 Å². The smallest absolute Gasteiger partial charge is 0.0471 e. The van der Waals surface area contributed by atoms with Crippen molar-refractivity contribution in [3.05, 3.63) is 24.0 Å². The minimum Gasteiger partial charge on any atom is -0.396 e. The van der Waals surface area contributed by atoms with E-state index in [1.165, 1.54) is 18.5 Å². The third kappa shape index (κ3) is 2.47. The van der Waals surface area contributed by atoms with Gasteiger partial charge in [-0.3, -0.25) is 4.90 Å². The van der Waals surface area contributed by atoms with E-state index in [4.69, 9.17) is 0 Å². The van der Waals surface area contributed by atoms with Crippen molar-refractivity contribution in [3.63, 3.8) is 0 Å². The van der Waals surface area contributed by atoms with Gasteiger partial charge in [0.25, 0.3) is 0 Å². The average Bonchev–Trinajstić information content (AvgIpc) is 2.68. The largest absolute Gasteiger partial charge is 0.396 e. The van der Waals surface area contributed by atoms with E-state index in [9.17, 15) is 5.11 Å². The highest BCUT2D eigenvalue weighted by atomic mass is 16.3. The van der Waals surface area contributed by atoms with Gasteiger partial charge in [-0.25, -0.2) is 0 Å². The lowest BCUT2D eigenvalue weighted by molar-refractivity contribution is 0.0756. The summed E-state index contributed by atoms with van der Waals surface area (Å²) in [6.07, 6.45) is 4.46. The number of aryl methyl sites for hydroxylation is 1. The first-order valence-corrected chi connectivity index (χ1v) is 6.16. The van der Waals surface area contributed by atoms with Crippen molar-refractivity contribution in [1.82, 2.24) is 9.47 Å². The lowest BCUT2D eigenvalue weighted by Gasteiger charge is -2.37. The molecule has 0 bridgehead atoms. The SMILES string of the molecule is CC1CCC(CO)CN1Cc1cccn1C. The van der Waals surface area contributed by atoms with E-state index in [1.807, 2.05) is 0 Å². The number of likely N-dealkylation sites (tertiary alicyclic amines) is 1. The number of nitrogens with zero attached hydrogens (tertiary/aromatic N) is 2. The zero-order valence-corrected chi connectivity index (χ0v) is 10.3. The quantitative estimate of drug-likeness (QED) is 0.842. The molecule has 90 valence electrons. The van der Waals surface area contributed by atoms with Crippen molar-refractivity contribution in [1.29, 1.82) is 0 Å². The molecule has 0 aliphatic carbocycles. The molecule has 0 spiro atoms. The highest BCUT2D eigenvalue weighted by molar-refractivity contribution is 5.06. The summed E-state index contributed by atoms with van der Waals surface area (Å²) in [6, 6.07) is 4.90. The molecule has 2 atom stereocenters. The third-order valence-electron chi connectivity index (χ3n) is 3.78. The number of aliphatic hydroxyl groups is 1. The van der Waals surface area contributed by atoms with Gasteiger partial charge in [-0.2, -0.15) is 0 Å². The maximum absolute atomic E-state index is 9.24. The fraction of sp³-hybridized carbons (Fsp3) is 0.692. The molecule has 1 aliphatic rings. The topological polar surface area (TPSA) is 28.4 Å². The van der Waals surface area contributed by atoms with Gasteiger partial charge in [0.2, 0.25) is 0 Å². The Morgan fingerprint density at radius 1 is 1.44 bits per heavy atom. The Bertz CT molecular complexity index is 334. The summed E-state index contributed by atoms with van der Waals surface area (Å²) < 4.78 is 2.18. The molecule has 0 radical (unpaired) electrons. The summed E-state index contributed by atoms with van der Waals surface area (Å²) in [6.45, 7) is 4.65. The maximum atomic E-state index is 9.24. The number of hydrogen-bond donors (Lipinski definition) is 1. The molecule has 3 heteroatoms. The van der Waals surface area contributed by atoms with E-state index in [-0.39, 0.29) is 0 Å². The van der Waals surface area contributed by atoms with Gasteiger partial charge in [0.1, 0.15) is 0 Å². The van der Waals surface area contributed by atoms with Crippen LogP contribution in [0.5, 0.6) is 0 Å². The van der Waals surface area contributed by atoms with Gasteiger partial charge in [-0.1, -0.05) is 0 Å². The molecule has 3 nitrogen and oxygen atoms in total. The van der Waals surface area contributed by atoms with Crippen LogP contribution >= 0.6 is 0 Å². The van der Waals surface area contributed by atoms with Crippen molar-refractivity contribution in [2.24, 2.45) is 13.0 Å². The van der Waals surface area contributed by atoms with Crippen LogP contribution in [0.2, 0.25) is 0 Å². The molecule has 0 aromatic carbocycles. The van der Waals surface area contributed by atoms with Crippen LogP contribution in [0.3, 0.4) is 0 Å². The minimum atomic E-state index is 0.330. The maximum Gasteiger partial charge on any atom is 0.0471 e. The van der Waals surface area contributed by atoms with E-state index in [2.05, 4.69) is 41.8 Å². The van der Waals surface area contributed by atoms with Gasteiger partial charge < -0.3 is 9.67 Å². The van der Waals surface area contributed by atoms with E-state index in [0.717, 1.165) is 13.1 Å². The Morgan fingerprint density at radius 3 is 2.88 bits per heavy atom. The highest BCUT2D eigenvalue weighted by Gasteiger charge is 2.25. The number of rotatable bonds is 3. The van der Waals surface area contributed by atoms with E-state index in [0.29, 0.717) is 18.6 Å². The van der Waals surface area contributed by atoms with Crippen LogP contribution in [0, 0.1) is 5.92 Å². The molecule has 1 aromatic rings. The first-order chi connectivity index (χ1) is 7.70. The lowest BCUT2D eigenvalue weighted by Crippen LogP contribution is -2.42. The number of aromatic nitrogens is 1. The van der Waals surface area contributed by atoms with Crippen LogP contribution in [0.15, 0.2) is 18.3 Å². The first kappa shape index (κ1) is 11.7. The molecule has 1 fully saturated rings. The zero-order valence-electron chi connectivity index (χ0n) is 10.3. The van der Waals surface area contributed by atoms with Crippen molar-refractivity contribution >= 4 is 0 Å². The van der Waals surface area contributed by atoms with E-state index in [1.54, 1.807) is 0 Å². The van der Waals surface area contributed by atoms with E-state index < -0.39 is 0 Å². The Balaban J connectivity index is 1.99. The predicted molar refractivity (Wildman–Crippen MR) is 65.1 cm³/mol.